The van der Waals surface area contributed by atoms with Crippen LogP contribution in [0.15, 0.2) is 24.4 Å². The fourth-order valence-corrected chi connectivity index (χ4v) is 6.71. The third-order valence-corrected chi connectivity index (χ3v) is 8.51. The number of aromatic nitrogens is 2. The SMILES string of the molecule is CN1CCN(c2ccc3cc2C(O)NCC2CC4CC2C(Nc2nc(ncc2F)N3)C4C(N)=O)CC1. The Kier molecular flexibility index (Phi) is 5.93. The molecule has 1 saturated heterocycles. The van der Waals surface area contributed by atoms with E-state index in [4.69, 9.17) is 5.73 Å². The number of amides is 1. The molecule has 1 aromatic carbocycles. The van der Waals surface area contributed by atoms with Gasteiger partial charge in [-0.25, -0.2) is 9.37 Å². The lowest BCUT2D eigenvalue weighted by Gasteiger charge is -2.37. The van der Waals surface area contributed by atoms with Crippen LogP contribution in [-0.4, -0.2) is 71.7 Å². The number of likely N-dealkylation sites (N-methyl/N-ethyl adjacent to an activating group) is 1. The molecule has 0 spiro atoms. The summed E-state index contributed by atoms with van der Waals surface area (Å²) in [4.78, 5) is 25.4. The minimum atomic E-state index is -0.869. The van der Waals surface area contributed by atoms with Crippen molar-refractivity contribution in [3.63, 3.8) is 0 Å². The van der Waals surface area contributed by atoms with Crippen LogP contribution >= 0.6 is 0 Å². The van der Waals surface area contributed by atoms with Crippen LogP contribution in [0.4, 0.5) is 27.5 Å². The highest BCUT2D eigenvalue weighted by atomic mass is 19.1. The van der Waals surface area contributed by atoms with Crippen molar-refractivity contribution < 1.29 is 14.3 Å². The Morgan fingerprint density at radius 3 is 2.78 bits per heavy atom. The van der Waals surface area contributed by atoms with Crippen LogP contribution in [0, 0.1) is 29.5 Å². The van der Waals surface area contributed by atoms with Gasteiger partial charge in [-0.15, -0.1) is 0 Å². The van der Waals surface area contributed by atoms with Crippen molar-refractivity contribution in [2.45, 2.75) is 25.1 Å². The van der Waals surface area contributed by atoms with Crippen LogP contribution in [-0.2, 0) is 4.79 Å². The van der Waals surface area contributed by atoms with E-state index in [0.29, 0.717) is 12.2 Å². The van der Waals surface area contributed by atoms with Crippen LogP contribution in [0.1, 0.15) is 24.6 Å². The van der Waals surface area contributed by atoms with Gasteiger partial charge in [-0.2, -0.15) is 4.98 Å². The number of nitrogens with zero attached hydrogens (tertiary/aromatic N) is 4. The molecule has 3 heterocycles. The lowest BCUT2D eigenvalue weighted by atomic mass is 9.77. The Morgan fingerprint density at radius 2 is 2.00 bits per heavy atom. The van der Waals surface area contributed by atoms with Gasteiger partial charge in [0, 0.05) is 55.7 Å². The quantitative estimate of drug-likeness (QED) is 0.417. The van der Waals surface area contributed by atoms with E-state index in [-0.39, 0.29) is 47.4 Å². The number of carbonyl (C=O) groups is 1. The van der Waals surface area contributed by atoms with Gasteiger partial charge < -0.3 is 31.3 Å². The number of aliphatic hydroxyl groups is 1. The molecule has 2 saturated carbocycles. The zero-order valence-corrected chi connectivity index (χ0v) is 20.3. The molecule has 4 aliphatic rings. The maximum Gasteiger partial charge on any atom is 0.229 e. The van der Waals surface area contributed by atoms with Gasteiger partial charge in [0.2, 0.25) is 11.9 Å². The summed E-state index contributed by atoms with van der Waals surface area (Å²) in [6.07, 6.45) is 1.95. The molecule has 2 aliphatic carbocycles. The predicted octanol–water partition coefficient (Wildman–Crippen LogP) is 1.24. The Morgan fingerprint density at radius 1 is 1.19 bits per heavy atom. The highest BCUT2D eigenvalue weighted by Gasteiger charge is 2.55. The summed E-state index contributed by atoms with van der Waals surface area (Å²) in [6, 6.07) is 5.52. The molecule has 1 amide bonds. The molecule has 6 bridgehead atoms. The molecule has 6 N–H and O–H groups in total. The number of hydrogen-bond acceptors (Lipinski definition) is 9. The van der Waals surface area contributed by atoms with Gasteiger partial charge in [0.1, 0.15) is 6.23 Å². The normalized spacial score (nSPS) is 31.9. The number of aliphatic hydroxyl groups excluding tert-OH is 1. The average Bonchev–Trinajstić information content (AvgIpc) is 3.43. The molecule has 6 unspecified atom stereocenters. The number of nitrogens with two attached hydrogens (primary N) is 1. The van der Waals surface area contributed by atoms with Crippen LogP contribution in [0.25, 0.3) is 0 Å². The monoisotopic (exact) mass is 496 g/mol. The van der Waals surface area contributed by atoms with E-state index in [9.17, 15) is 14.3 Å². The molecule has 0 radical (unpaired) electrons. The number of halogens is 1. The lowest BCUT2D eigenvalue weighted by molar-refractivity contribution is -0.123. The number of piperazine rings is 1. The number of anilines is 4. The highest BCUT2D eigenvalue weighted by Crippen LogP contribution is 2.52. The smallest absolute Gasteiger partial charge is 0.229 e. The van der Waals surface area contributed by atoms with E-state index in [0.717, 1.165) is 56.5 Å². The highest BCUT2D eigenvalue weighted by molar-refractivity contribution is 5.79. The second kappa shape index (κ2) is 9.13. The van der Waals surface area contributed by atoms with Crippen molar-refractivity contribution in [1.82, 2.24) is 20.2 Å². The first-order valence-electron chi connectivity index (χ1n) is 12.7. The molecule has 1 aromatic heterocycles. The van der Waals surface area contributed by atoms with Crippen molar-refractivity contribution in [1.29, 1.82) is 0 Å². The van der Waals surface area contributed by atoms with Gasteiger partial charge >= 0.3 is 0 Å². The summed E-state index contributed by atoms with van der Waals surface area (Å²) in [5.74, 6) is -0.564. The van der Waals surface area contributed by atoms with E-state index >= 15 is 0 Å². The van der Waals surface area contributed by atoms with Crippen LogP contribution in [0.5, 0.6) is 0 Å². The van der Waals surface area contributed by atoms with Gasteiger partial charge in [-0.1, -0.05) is 0 Å². The number of rotatable bonds is 2. The average molecular weight is 497 g/mol. The Balaban J connectivity index is 1.38. The first-order valence-corrected chi connectivity index (χ1v) is 12.7. The molecule has 2 aromatic rings. The third kappa shape index (κ3) is 4.14. The second-order valence-electron chi connectivity index (χ2n) is 10.6. The van der Waals surface area contributed by atoms with Crippen molar-refractivity contribution in [3.05, 3.63) is 35.8 Å². The minimum Gasteiger partial charge on any atom is -0.374 e. The molecule has 10 nitrogen and oxygen atoms in total. The number of fused-ring (bicyclic) bond motifs is 5. The zero-order valence-electron chi connectivity index (χ0n) is 20.3. The molecular formula is C25H33FN8O2. The largest absolute Gasteiger partial charge is 0.374 e. The standard InChI is InChI=1S/C25H33FN8O2/c1-33-4-6-34(7-5-33)19-3-2-15-10-17(19)24(36)28-11-14-8-13-9-16(14)21(20(13)22(27)35)31-23-18(26)12-29-25(30-15)32-23/h2-3,10,12-14,16,20-21,24,28,36H,4-9,11H2,1H3,(H2,27,35)(H2,29,30,31,32). The van der Waals surface area contributed by atoms with Crippen LogP contribution in [0.3, 0.4) is 0 Å². The molecule has 192 valence electrons. The summed E-state index contributed by atoms with van der Waals surface area (Å²) in [7, 11) is 2.11. The lowest BCUT2D eigenvalue weighted by Crippen LogP contribution is -2.47. The second-order valence-corrected chi connectivity index (χ2v) is 10.6. The molecule has 36 heavy (non-hydrogen) atoms. The summed E-state index contributed by atoms with van der Waals surface area (Å²) in [6.45, 7) is 4.25. The third-order valence-electron chi connectivity index (χ3n) is 8.51. The van der Waals surface area contributed by atoms with Gasteiger partial charge in [0.25, 0.3) is 0 Å². The molecule has 6 rings (SSSR count). The first-order chi connectivity index (χ1) is 17.4. The summed E-state index contributed by atoms with van der Waals surface area (Å²) >= 11 is 0. The van der Waals surface area contributed by atoms with Crippen molar-refractivity contribution >= 4 is 29.0 Å². The molecule has 2 aliphatic heterocycles. The summed E-state index contributed by atoms with van der Waals surface area (Å²) in [5.41, 5.74) is 8.23. The molecule has 6 atom stereocenters. The fraction of sp³-hybridized carbons (Fsp3) is 0.560. The number of carbonyl (C=O) groups excluding carboxylic acids is 1. The molecule has 11 heteroatoms. The van der Waals surface area contributed by atoms with Gasteiger partial charge in [-0.05, 0) is 55.8 Å². The van der Waals surface area contributed by atoms with Crippen molar-refractivity contribution in [2.75, 3.05) is 55.3 Å². The zero-order chi connectivity index (χ0) is 25.0. The minimum absolute atomic E-state index is 0.0642. The topological polar surface area (TPSA) is 132 Å². The van der Waals surface area contributed by atoms with E-state index in [1.807, 2.05) is 18.2 Å². The van der Waals surface area contributed by atoms with E-state index < -0.39 is 12.0 Å². The van der Waals surface area contributed by atoms with Crippen molar-refractivity contribution in [3.8, 4) is 0 Å². The van der Waals surface area contributed by atoms with Crippen LogP contribution in [0.2, 0.25) is 0 Å². The predicted molar refractivity (Wildman–Crippen MR) is 134 cm³/mol. The van der Waals surface area contributed by atoms with E-state index in [1.54, 1.807) is 0 Å². The number of primary amides is 1. The molecular weight excluding hydrogens is 463 g/mol. The maximum absolute atomic E-state index is 14.7. The molecule has 3 fully saturated rings. The summed E-state index contributed by atoms with van der Waals surface area (Å²) < 4.78 is 14.7. The Hall–Kier alpha value is -3.02. The van der Waals surface area contributed by atoms with E-state index in [1.165, 1.54) is 0 Å². The number of benzene rings is 1. The fourth-order valence-electron chi connectivity index (χ4n) is 6.71. The van der Waals surface area contributed by atoms with Crippen molar-refractivity contribution in [2.24, 2.45) is 29.4 Å². The van der Waals surface area contributed by atoms with Crippen LogP contribution < -0.4 is 26.6 Å². The Bertz CT molecular complexity index is 1160. The number of hydrogen-bond donors (Lipinski definition) is 5. The van der Waals surface area contributed by atoms with Gasteiger partial charge in [0.05, 0.1) is 12.1 Å². The first kappa shape index (κ1) is 23.4. The van der Waals surface area contributed by atoms with E-state index in [2.05, 4.69) is 42.8 Å². The van der Waals surface area contributed by atoms with Gasteiger partial charge in [-0.3, -0.25) is 10.1 Å². The number of nitrogens with one attached hydrogen (secondary N) is 3. The summed E-state index contributed by atoms with van der Waals surface area (Å²) in [5, 5.41) is 21.0. The maximum atomic E-state index is 14.7. The van der Waals surface area contributed by atoms with Gasteiger partial charge in [0.15, 0.2) is 11.6 Å². The Labute approximate surface area is 209 Å².